The van der Waals surface area contributed by atoms with E-state index >= 15 is 0 Å². The molecule has 2 saturated heterocycles. The van der Waals surface area contributed by atoms with E-state index in [1.54, 1.807) is 4.90 Å². The predicted molar refractivity (Wildman–Crippen MR) is 85.3 cm³/mol. The van der Waals surface area contributed by atoms with Crippen LogP contribution in [0.5, 0.6) is 0 Å². The van der Waals surface area contributed by atoms with Crippen LogP contribution in [0.3, 0.4) is 0 Å². The summed E-state index contributed by atoms with van der Waals surface area (Å²) in [4.78, 5) is 16.1. The third-order valence-corrected chi connectivity index (χ3v) is 4.53. The van der Waals surface area contributed by atoms with Crippen LogP contribution in [-0.2, 0) is 4.74 Å². The molecule has 2 heterocycles. The Morgan fingerprint density at radius 2 is 1.77 bits per heavy atom. The smallest absolute Gasteiger partial charge is 0.410 e. The molecule has 0 saturated carbocycles. The average Bonchev–Trinajstić information content (AvgIpc) is 2.46. The lowest BCUT2D eigenvalue weighted by atomic mass is 9.85. The SMILES string of the molecule is C=C1CCN(C2(C#N)CCN(C(=O)OC(C)(C)C)CC2)CC1. The summed E-state index contributed by atoms with van der Waals surface area (Å²) >= 11 is 0. The second-order valence-corrected chi connectivity index (χ2v) is 7.35. The minimum atomic E-state index is -0.478. The van der Waals surface area contributed by atoms with E-state index in [-0.39, 0.29) is 6.09 Å². The van der Waals surface area contributed by atoms with Gasteiger partial charge in [-0.1, -0.05) is 12.2 Å². The number of nitrogens with zero attached hydrogens (tertiary/aromatic N) is 3. The van der Waals surface area contributed by atoms with Crippen molar-refractivity contribution in [1.82, 2.24) is 9.80 Å². The van der Waals surface area contributed by atoms with Gasteiger partial charge in [0.25, 0.3) is 0 Å². The number of piperidine rings is 2. The molecule has 0 unspecified atom stereocenters. The molecule has 0 atom stereocenters. The molecular weight excluding hydrogens is 278 g/mol. The van der Waals surface area contributed by atoms with Crippen molar-refractivity contribution in [3.63, 3.8) is 0 Å². The molecule has 0 aromatic rings. The Bertz CT molecular complexity index is 469. The lowest BCUT2D eigenvalue weighted by Crippen LogP contribution is -2.57. The summed E-state index contributed by atoms with van der Waals surface area (Å²) in [6.45, 7) is 12.6. The van der Waals surface area contributed by atoms with Gasteiger partial charge < -0.3 is 9.64 Å². The van der Waals surface area contributed by atoms with Crippen molar-refractivity contribution in [2.24, 2.45) is 0 Å². The maximum Gasteiger partial charge on any atom is 0.410 e. The molecule has 0 aliphatic carbocycles. The predicted octanol–water partition coefficient (Wildman–Crippen LogP) is 2.93. The van der Waals surface area contributed by atoms with Crippen molar-refractivity contribution >= 4 is 6.09 Å². The summed E-state index contributed by atoms with van der Waals surface area (Å²) in [7, 11) is 0. The van der Waals surface area contributed by atoms with Crippen LogP contribution in [0.1, 0.15) is 46.5 Å². The van der Waals surface area contributed by atoms with Gasteiger partial charge >= 0.3 is 6.09 Å². The molecule has 5 nitrogen and oxygen atoms in total. The van der Waals surface area contributed by atoms with Gasteiger partial charge in [0.2, 0.25) is 0 Å². The molecule has 0 N–H and O–H groups in total. The summed E-state index contributed by atoms with van der Waals surface area (Å²) in [6.07, 6.45) is 3.05. The lowest BCUT2D eigenvalue weighted by molar-refractivity contribution is 0.00483. The molecule has 0 radical (unpaired) electrons. The summed E-state index contributed by atoms with van der Waals surface area (Å²) < 4.78 is 5.42. The number of nitriles is 1. The van der Waals surface area contributed by atoms with Crippen molar-refractivity contribution in [2.75, 3.05) is 26.2 Å². The van der Waals surface area contributed by atoms with Gasteiger partial charge in [0.15, 0.2) is 0 Å². The zero-order valence-corrected chi connectivity index (χ0v) is 14.0. The molecule has 5 heteroatoms. The highest BCUT2D eigenvalue weighted by molar-refractivity contribution is 5.68. The van der Waals surface area contributed by atoms with E-state index in [2.05, 4.69) is 17.5 Å². The Kier molecular flexibility index (Phi) is 4.81. The topological polar surface area (TPSA) is 56.6 Å². The fourth-order valence-electron chi connectivity index (χ4n) is 3.14. The molecule has 122 valence electrons. The normalized spacial score (nSPS) is 23.0. The zero-order valence-electron chi connectivity index (χ0n) is 14.0. The Hall–Kier alpha value is -1.54. The lowest BCUT2D eigenvalue weighted by Gasteiger charge is -2.46. The van der Waals surface area contributed by atoms with Crippen LogP contribution < -0.4 is 0 Å². The Labute approximate surface area is 133 Å². The van der Waals surface area contributed by atoms with Crippen molar-refractivity contribution in [2.45, 2.75) is 57.6 Å². The fourth-order valence-corrected chi connectivity index (χ4v) is 3.14. The molecule has 1 amide bonds. The summed E-state index contributed by atoms with van der Waals surface area (Å²) in [5, 5.41) is 9.72. The van der Waals surface area contributed by atoms with Crippen molar-refractivity contribution in [3.8, 4) is 6.07 Å². The number of amides is 1. The summed E-state index contributed by atoms with van der Waals surface area (Å²) in [6, 6.07) is 2.53. The molecule has 0 aromatic heterocycles. The van der Waals surface area contributed by atoms with Crippen LogP contribution in [-0.4, -0.2) is 53.2 Å². The average molecular weight is 305 g/mol. The maximum absolute atomic E-state index is 12.1. The molecule has 22 heavy (non-hydrogen) atoms. The minimum Gasteiger partial charge on any atom is -0.444 e. The first kappa shape index (κ1) is 16.8. The number of carbonyl (C=O) groups excluding carboxylic acids is 1. The van der Waals surface area contributed by atoms with Gasteiger partial charge in [-0.2, -0.15) is 5.26 Å². The first-order valence-electron chi connectivity index (χ1n) is 8.07. The number of carbonyl (C=O) groups is 1. The summed E-state index contributed by atoms with van der Waals surface area (Å²) in [5.74, 6) is 0. The van der Waals surface area contributed by atoms with Crippen LogP contribution in [0.15, 0.2) is 12.2 Å². The van der Waals surface area contributed by atoms with E-state index in [1.807, 2.05) is 20.8 Å². The van der Waals surface area contributed by atoms with Gasteiger partial charge in [-0.15, -0.1) is 0 Å². The largest absolute Gasteiger partial charge is 0.444 e. The van der Waals surface area contributed by atoms with Gasteiger partial charge in [-0.3, -0.25) is 4.90 Å². The quantitative estimate of drug-likeness (QED) is 0.699. The van der Waals surface area contributed by atoms with Crippen LogP contribution in [0, 0.1) is 11.3 Å². The van der Waals surface area contributed by atoms with E-state index in [0.717, 1.165) is 25.9 Å². The molecule has 2 fully saturated rings. The number of hydrogen-bond donors (Lipinski definition) is 0. The standard InChI is InChI=1S/C17H27N3O2/c1-14-5-9-20(10-6-14)17(13-18)7-11-19(12-8-17)15(21)22-16(2,3)4/h1,5-12H2,2-4H3. The van der Waals surface area contributed by atoms with Crippen molar-refractivity contribution < 1.29 is 9.53 Å². The van der Waals surface area contributed by atoms with Crippen LogP contribution >= 0.6 is 0 Å². The maximum atomic E-state index is 12.1. The van der Waals surface area contributed by atoms with Crippen LogP contribution in [0.2, 0.25) is 0 Å². The van der Waals surface area contributed by atoms with E-state index < -0.39 is 11.1 Å². The number of likely N-dealkylation sites (tertiary alicyclic amines) is 2. The highest BCUT2D eigenvalue weighted by atomic mass is 16.6. The Balaban J connectivity index is 1.95. The molecule has 0 aromatic carbocycles. The van der Waals surface area contributed by atoms with E-state index in [4.69, 9.17) is 4.74 Å². The molecule has 2 aliphatic rings. The van der Waals surface area contributed by atoms with E-state index in [0.29, 0.717) is 25.9 Å². The van der Waals surface area contributed by atoms with Gasteiger partial charge in [-0.25, -0.2) is 4.79 Å². The Morgan fingerprint density at radius 3 is 2.23 bits per heavy atom. The third-order valence-electron chi connectivity index (χ3n) is 4.53. The van der Waals surface area contributed by atoms with Crippen LogP contribution in [0.4, 0.5) is 4.79 Å². The minimum absolute atomic E-state index is 0.272. The number of hydrogen-bond acceptors (Lipinski definition) is 4. The van der Waals surface area contributed by atoms with Crippen LogP contribution in [0.25, 0.3) is 0 Å². The molecule has 0 spiro atoms. The van der Waals surface area contributed by atoms with E-state index in [9.17, 15) is 10.1 Å². The first-order chi connectivity index (χ1) is 10.3. The number of ether oxygens (including phenoxy) is 1. The number of rotatable bonds is 1. The molecular formula is C17H27N3O2. The molecule has 2 rings (SSSR count). The zero-order chi connectivity index (χ0) is 16.4. The van der Waals surface area contributed by atoms with Gasteiger partial charge in [0.1, 0.15) is 11.1 Å². The second-order valence-electron chi connectivity index (χ2n) is 7.35. The van der Waals surface area contributed by atoms with Crippen molar-refractivity contribution in [3.05, 3.63) is 12.2 Å². The first-order valence-corrected chi connectivity index (χ1v) is 8.07. The third kappa shape index (κ3) is 3.80. The molecule has 2 aliphatic heterocycles. The van der Waals surface area contributed by atoms with Gasteiger partial charge in [0.05, 0.1) is 6.07 Å². The van der Waals surface area contributed by atoms with Crippen molar-refractivity contribution in [1.29, 1.82) is 5.26 Å². The molecule has 0 bridgehead atoms. The second kappa shape index (κ2) is 6.29. The summed E-state index contributed by atoms with van der Waals surface area (Å²) in [5.41, 5.74) is 0.364. The van der Waals surface area contributed by atoms with E-state index in [1.165, 1.54) is 5.57 Å². The Morgan fingerprint density at radius 1 is 1.23 bits per heavy atom. The van der Waals surface area contributed by atoms with Gasteiger partial charge in [0, 0.05) is 26.2 Å². The highest BCUT2D eigenvalue weighted by Gasteiger charge is 2.42. The monoisotopic (exact) mass is 305 g/mol. The highest BCUT2D eigenvalue weighted by Crippen LogP contribution is 2.32. The van der Waals surface area contributed by atoms with Gasteiger partial charge in [-0.05, 0) is 46.5 Å². The fraction of sp³-hybridized carbons (Fsp3) is 0.765.